The van der Waals surface area contributed by atoms with Crippen LogP contribution in [-0.4, -0.2) is 11.1 Å². The lowest BCUT2D eigenvalue weighted by atomic mass is 10.1. The molecule has 0 bridgehead atoms. The number of urea groups is 1. The van der Waals surface area contributed by atoms with E-state index >= 15 is 0 Å². The average Bonchev–Trinajstić information content (AvgIpc) is 2.42. The number of phenols is 1. The summed E-state index contributed by atoms with van der Waals surface area (Å²) in [6.45, 7) is 2.40. The number of phenolic OH excluding ortho intramolecular Hbond substituents is 1. The number of benzene rings is 2. The highest BCUT2D eigenvalue weighted by Gasteiger charge is 2.07. The summed E-state index contributed by atoms with van der Waals surface area (Å²) in [5.41, 5.74) is 2.43. The smallest absolute Gasteiger partial charge is 0.319 e. The van der Waals surface area contributed by atoms with Crippen LogP contribution in [0.3, 0.4) is 0 Å². The lowest BCUT2D eigenvalue weighted by molar-refractivity contribution is 0.251. The number of amides is 2. The van der Waals surface area contributed by atoms with Gasteiger partial charge in [0, 0.05) is 11.6 Å². The van der Waals surface area contributed by atoms with Gasteiger partial charge in [-0.25, -0.2) is 4.79 Å². The predicted octanol–water partition coefficient (Wildman–Crippen LogP) is 3.68. The molecule has 0 atom stereocenters. The lowest BCUT2D eigenvalue weighted by Gasteiger charge is -2.10. The van der Waals surface area contributed by atoms with Crippen LogP contribution in [0, 0.1) is 6.92 Å². The van der Waals surface area contributed by atoms with Gasteiger partial charge in [-0.15, -0.1) is 0 Å². The Balaban J connectivity index is 1.96. The average molecular weight is 291 g/mol. The summed E-state index contributed by atoms with van der Waals surface area (Å²) in [5.74, 6) is -0.0274. The van der Waals surface area contributed by atoms with Gasteiger partial charge in [0.15, 0.2) is 0 Å². The highest BCUT2D eigenvalue weighted by molar-refractivity contribution is 6.31. The van der Waals surface area contributed by atoms with E-state index in [2.05, 4.69) is 10.6 Å². The molecular formula is C15H15ClN2O2. The van der Waals surface area contributed by atoms with Crippen molar-refractivity contribution >= 4 is 23.3 Å². The summed E-state index contributed by atoms with van der Waals surface area (Å²) in [5, 5.41) is 15.3. The molecule has 0 spiro atoms. The van der Waals surface area contributed by atoms with Crippen LogP contribution in [0.5, 0.6) is 5.75 Å². The fourth-order valence-electron chi connectivity index (χ4n) is 1.76. The monoisotopic (exact) mass is 290 g/mol. The summed E-state index contributed by atoms with van der Waals surface area (Å²) in [7, 11) is 0. The molecule has 0 radical (unpaired) electrons. The van der Waals surface area contributed by atoms with Crippen molar-refractivity contribution in [3.05, 3.63) is 58.6 Å². The van der Waals surface area contributed by atoms with Crippen LogP contribution in [0.25, 0.3) is 0 Å². The summed E-state index contributed by atoms with van der Waals surface area (Å²) in [4.78, 5) is 11.8. The third-order valence-electron chi connectivity index (χ3n) is 2.91. The third kappa shape index (κ3) is 3.65. The Morgan fingerprint density at radius 3 is 2.75 bits per heavy atom. The van der Waals surface area contributed by atoms with Crippen molar-refractivity contribution in [2.24, 2.45) is 0 Å². The standard InChI is InChI=1S/C15H15ClN2O2/c1-10-4-2-3-5-11(10)9-17-15(20)18-13-8-12(16)6-7-14(13)19/h2-8,19H,9H2,1H3,(H2,17,18,20). The second-order valence-electron chi connectivity index (χ2n) is 4.40. The van der Waals surface area contributed by atoms with Gasteiger partial charge < -0.3 is 15.7 Å². The maximum atomic E-state index is 11.8. The quantitative estimate of drug-likeness (QED) is 0.755. The van der Waals surface area contributed by atoms with Crippen LogP contribution >= 0.6 is 11.6 Å². The Morgan fingerprint density at radius 2 is 2.00 bits per heavy atom. The molecule has 2 amide bonds. The largest absolute Gasteiger partial charge is 0.506 e. The molecule has 0 fully saturated rings. The molecule has 20 heavy (non-hydrogen) atoms. The first-order valence-corrected chi connectivity index (χ1v) is 6.52. The molecule has 2 aromatic carbocycles. The van der Waals surface area contributed by atoms with Gasteiger partial charge >= 0.3 is 6.03 Å². The topological polar surface area (TPSA) is 61.4 Å². The highest BCUT2D eigenvalue weighted by Crippen LogP contribution is 2.26. The molecule has 0 aliphatic rings. The van der Waals surface area contributed by atoms with E-state index in [0.717, 1.165) is 11.1 Å². The Kier molecular flexibility index (Phi) is 4.48. The van der Waals surface area contributed by atoms with Gasteiger partial charge in [-0.3, -0.25) is 0 Å². The first kappa shape index (κ1) is 14.2. The number of aromatic hydroxyl groups is 1. The van der Waals surface area contributed by atoms with E-state index < -0.39 is 6.03 Å². The summed E-state index contributed by atoms with van der Waals surface area (Å²) in [6, 6.07) is 11.9. The lowest BCUT2D eigenvalue weighted by Crippen LogP contribution is -2.28. The molecule has 0 unspecified atom stereocenters. The maximum Gasteiger partial charge on any atom is 0.319 e. The zero-order chi connectivity index (χ0) is 14.5. The van der Waals surface area contributed by atoms with E-state index in [9.17, 15) is 9.90 Å². The van der Waals surface area contributed by atoms with E-state index in [1.54, 1.807) is 6.07 Å². The fourth-order valence-corrected chi connectivity index (χ4v) is 1.93. The zero-order valence-corrected chi connectivity index (χ0v) is 11.7. The van der Waals surface area contributed by atoms with Crippen LogP contribution in [0.2, 0.25) is 5.02 Å². The van der Waals surface area contributed by atoms with Crippen molar-refractivity contribution in [1.82, 2.24) is 5.32 Å². The van der Waals surface area contributed by atoms with Gasteiger partial charge in [-0.2, -0.15) is 0 Å². The van der Waals surface area contributed by atoms with Gasteiger partial charge in [0.2, 0.25) is 0 Å². The highest BCUT2D eigenvalue weighted by atomic mass is 35.5. The van der Waals surface area contributed by atoms with Gasteiger partial charge in [0.25, 0.3) is 0 Å². The number of aryl methyl sites for hydroxylation is 1. The molecule has 0 heterocycles. The molecule has 0 saturated heterocycles. The van der Waals surface area contributed by atoms with Gasteiger partial charge in [0.1, 0.15) is 5.75 Å². The molecule has 5 heteroatoms. The minimum Gasteiger partial charge on any atom is -0.506 e. The number of hydrogen-bond donors (Lipinski definition) is 3. The molecule has 0 aromatic heterocycles. The van der Waals surface area contributed by atoms with Crippen molar-refractivity contribution in [2.75, 3.05) is 5.32 Å². The summed E-state index contributed by atoms with van der Waals surface area (Å²) < 4.78 is 0. The van der Waals surface area contributed by atoms with Crippen molar-refractivity contribution in [2.45, 2.75) is 13.5 Å². The van der Waals surface area contributed by atoms with Gasteiger partial charge in [-0.1, -0.05) is 35.9 Å². The number of hydrogen-bond acceptors (Lipinski definition) is 2. The van der Waals surface area contributed by atoms with Crippen LogP contribution < -0.4 is 10.6 Å². The van der Waals surface area contributed by atoms with Gasteiger partial charge in [0.05, 0.1) is 5.69 Å². The Bertz CT molecular complexity index is 629. The van der Waals surface area contributed by atoms with Crippen molar-refractivity contribution < 1.29 is 9.90 Å². The number of rotatable bonds is 3. The Hall–Kier alpha value is -2.20. The summed E-state index contributed by atoms with van der Waals surface area (Å²) >= 11 is 5.81. The molecule has 3 N–H and O–H groups in total. The molecular weight excluding hydrogens is 276 g/mol. The third-order valence-corrected chi connectivity index (χ3v) is 3.14. The van der Waals surface area contributed by atoms with Crippen LogP contribution in [0.1, 0.15) is 11.1 Å². The molecule has 4 nitrogen and oxygen atoms in total. The molecule has 0 aliphatic carbocycles. The second-order valence-corrected chi connectivity index (χ2v) is 4.83. The first-order valence-electron chi connectivity index (χ1n) is 6.14. The zero-order valence-electron chi connectivity index (χ0n) is 11.0. The number of anilines is 1. The Morgan fingerprint density at radius 1 is 1.25 bits per heavy atom. The van der Waals surface area contributed by atoms with E-state index in [4.69, 9.17) is 11.6 Å². The predicted molar refractivity (Wildman–Crippen MR) is 80.2 cm³/mol. The van der Waals surface area contributed by atoms with Crippen LogP contribution in [0.15, 0.2) is 42.5 Å². The van der Waals surface area contributed by atoms with E-state index in [0.29, 0.717) is 11.6 Å². The fraction of sp³-hybridized carbons (Fsp3) is 0.133. The van der Waals surface area contributed by atoms with Crippen LogP contribution in [0.4, 0.5) is 10.5 Å². The molecule has 0 saturated carbocycles. The SMILES string of the molecule is Cc1ccccc1CNC(=O)Nc1cc(Cl)ccc1O. The number of carbonyl (C=O) groups excluding carboxylic acids is 1. The first-order chi connectivity index (χ1) is 9.56. The normalized spacial score (nSPS) is 10.1. The second kappa shape index (κ2) is 6.30. The molecule has 104 valence electrons. The van der Waals surface area contributed by atoms with E-state index in [-0.39, 0.29) is 11.4 Å². The van der Waals surface area contributed by atoms with E-state index in [1.807, 2.05) is 31.2 Å². The van der Waals surface area contributed by atoms with Crippen molar-refractivity contribution in [3.8, 4) is 5.75 Å². The summed E-state index contributed by atoms with van der Waals surface area (Å²) in [6.07, 6.45) is 0. The molecule has 2 aromatic rings. The van der Waals surface area contributed by atoms with Crippen LogP contribution in [-0.2, 0) is 6.54 Å². The molecule has 0 aliphatic heterocycles. The number of nitrogens with one attached hydrogen (secondary N) is 2. The molecule has 2 rings (SSSR count). The number of carbonyl (C=O) groups is 1. The number of halogens is 1. The minimum absolute atomic E-state index is 0.0274. The van der Waals surface area contributed by atoms with Gasteiger partial charge in [-0.05, 0) is 36.2 Å². The van der Waals surface area contributed by atoms with Crippen molar-refractivity contribution in [1.29, 1.82) is 0 Å². The Labute approximate surface area is 122 Å². The van der Waals surface area contributed by atoms with E-state index in [1.165, 1.54) is 12.1 Å². The maximum absolute atomic E-state index is 11.8. The van der Waals surface area contributed by atoms with Crippen molar-refractivity contribution in [3.63, 3.8) is 0 Å². The minimum atomic E-state index is -0.397.